The molecule has 310 valence electrons. The molecule has 0 aliphatic heterocycles. The maximum Gasteiger partial charge on any atom is 0.238 e. The van der Waals surface area contributed by atoms with Gasteiger partial charge in [-0.05, 0) is 108 Å². The zero-order valence-electron chi connectivity index (χ0n) is 36.4. The van der Waals surface area contributed by atoms with Crippen molar-refractivity contribution in [1.82, 2.24) is 24.1 Å². The van der Waals surface area contributed by atoms with Crippen LogP contribution in [0.1, 0.15) is 50.7 Å². The molecule has 0 atom stereocenters. The average molecular weight is 828 g/mol. The monoisotopic (exact) mass is 827 g/mol. The number of rotatable bonds is 12. The van der Waals surface area contributed by atoms with Crippen LogP contribution in [-0.2, 0) is 12.8 Å². The van der Waals surface area contributed by atoms with E-state index >= 15 is 0 Å². The first kappa shape index (κ1) is 39.2. The molecule has 11 aromatic rings. The van der Waals surface area contributed by atoms with E-state index in [1.54, 1.807) is 0 Å². The van der Waals surface area contributed by atoms with Gasteiger partial charge in [0.1, 0.15) is 0 Å². The fraction of sp³-hybridized carbons (Fsp3) is 0.136. The quantitative estimate of drug-likeness (QED) is 0.123. The van der Waals surface area contributed by atoms with E-state index in [-0.39, 0.29) is 0 Å². The third kappa shape index (κ3) is 7.13. The number of aryl methyl sites for hydroxylation is 2. The molecule has 5 nitrogen and oxygen atoms in total. The Kier molecular flexibility index (Phi) is 10.4. The summed E-state index contributed by atoms with van der Waals surface area (Å²) in [4.78, 5) is 16.0. The second kappa shape index (κ2) is 16.9. The smallest absolute Gasteiger partial charge is 0.238 e. The van der Waals surface area contributed by atoms with Crippen molar-refractivity contribution < 1.29 is 0 Å². The lowest BCUT2D eigenvalue weighted by molar-refractivity contribution is 0.796. The summed E-state index contributed by atoms with van der Waals surface area (Å²) < 4.78 is 4.75. The zero-order valence-corrected chi connectivity index (χ0v) is 36.4. The van der Waals surface area contributed by atoms with Gasteiger partial charge < -0.3 is 4.57 Å². The van der Waals surface area contributed by atoms with Crippen molar-refractivity contribution in [3.8, 4) is 56.7 Å². The Morgan fingerprint density at radius 3 is 1.50 bits per heavy atom. The number of hydrogen-bond donors (Lipinski definition) is 0. The fourth-order valence-electron chi connectivity index (χ4n) is 9.47. The largest absolute Gasteiger partial charge is 0.309 e. The predicted octanol–water partition coefficient (Wildman–Crippen LogP) is 15.4. The van der Waals surface area contributed by atoms with E-state index in [9.17, 15) is 0 Å². The molecule has 11 rings (SSSR count). The molecule has 0 spiro atoms. The van der Waals surface area contributed by atoms with Crippen molar-refractivity contribution in [3.05, 3.63) is 199 Å². The standard InChI is InChI=1S/C59H49N5/c1-3-5-17-40-27-34-52-50(37-40)49-33-36-54-55(51-38-41(18-6-4-2)28-35-53(51)63(54)48-25-14-9-15-26-48)56(49)64(52)59-61-57(44-21-12-8-13-22-44)60-58(62-59)45-31-29-43(30-32-45)47-24-16-23-46(39-47)42-19-10-7-11-20-42/h7-16,19-39H,3-6,17-18H2,1-2H3. The molecule has 0 unspecified atom stereocenters. The molecule has 0 saturated carbocycles. The van der Waals surface area contributed by atoms with Gasteiger partial charge in [-0.3, -0.25) is 4.57 Å². The molecule has 0 bridgehead atoms. The SMILES string of the molecule is CCCCc1ccc2c(c1)c1c(ccc3c4cc(CCCC)ccc4n(-c4nc(-c5ccccc5)nc(-c5ccc(-c6cccc(-c7ccccc7)c6)cc5)n4)c31)n2-c1ccccc1. The summed E-state index contributed by atoms with van der Waals surface area (Å²) in [5.74, 6) is 1.86. The minimum atomic E-state index is 0.597. The molecule has 0 aliphatic carbocycles. The summed E-state index contributed by atoms with van der Waals surface area (Å²) in [5, 5.41) is 4.83. The number of fused-ring (bicyclic) bond motifs is 7. The summed E-state index contributed by atoms with van der Waals surface area (Å²) >= 11 is 0. The number of hydrogen-bond acceptors (Lipinski definition) is 3. The molecule has 5 heteroatoms. The van der Waals surface area contributed by atoms with E-state index in [4.69, 9.17) is 15.0 Å². The second-order valence-corrected chi connectivity index (χ2v) is 16.9. The van der Waals surface area contributed by atoms with E-state index in [1.165, 1.54) is 49.3 Å². The highest BCUT2D eigenvalue weighted by atomic mass is 15.2. The van der Waals surface area contributed by atoms with Gasteiger partial charge in [-0.1, -0.05) is 166 Å². The number of aromatic nitrogens is 5. The maximum absolute atomic E-state index is 5.44. The van der Waals surface area contributed by atoms with Gasteiger partial charge in [-0.15, -0.1) is 0 Å². The third-order valence-electron chi connectivity index (χ3n) is 12.7. The molecular formula is C59H49N5. The van der Waals surface area contributed by atoms with E-state index in [1.807, 2.05) is 18.2 Å². The molecule has 0 fully saturated rings. The van der Waals surface area contributed by atoms with Crippen LogP contribution in [0.4, 0.5) is 0 Å². The number of nitrogens with zero attached hydrogens (tertiary/aromatic N) is 5. The molecule has 64 heavy (non-hydrogen) atoms. The van der Waals surface area contributed by atoms with Gasteiger partial charge in [0.15, 0.2) is 11.6 Å². The van der Waals surface area contributed by atoms with Gasteiger partial charge in [0, 0.05) is 38.4 Å². The van der Waals surface area contributed by atoms with Crippen molar-refractivity contribution in [1.29, 1.82) is 0 Å². The fourth-order valence-corrected chi connectivity index (χ4v) is 9.47. The van der Waals surface area contributed by atoms with E-state index < -0.39 is 0 Å². The Labute approximate surface area is 374 Å². The van der Waals surface area contributed by atoms with E-state index in [2.05, 4.69) is 193 Å². The van der Waals surface area contributed by atoms with Crippen molar-refractivity contribution in [2.24, 2.45) is 0 Å². The van der Waals surface area contributed by atoms with Crippen LogP contribution in [0.3, 0.4) is 0 Å². The van der Waals surface area contributed by atoms with E-state index in [0.29, 0.717) is 17.6 Å². The first-order valence-electron chi connectivity index (χ1n) is 22.8. The Hall–Kier alpha value is -7.63. The van der Waals surface area contributed by atoms with E-state index in [0.717, 1.165) is 83.0 Å². The first-order chi connectivity index (χ1) is 31.6. The highest BCUT2D eigenvalue weighted by molar-refractivity contribution is 6.26. The maximum atomic E-state index is 5.44. The summed E-state index contributed by atoms with van der Waals surface area (Å²) in [6.45, 7) is 4.53. The van der Waals surface area contributed by atoms with Crippen LogP contribution in [0, 0.1) is 0 Å². The lowest BCUT2D eigenvalue weighted by Crippen LogP contribution is -2.06. The second-order valence-electron chi connectivity index (χ2n) is 16.9. The average Bonchev–Trinajstić information content (AvgIpc) is 3.88. The highest BCUT2D eigenvalue weighted by Gasteiger charge is 2.24. The molecule has 0 amide bonds. The number of para-hydroxylation sites is 1. The minimum absolute atomic E-state index is 0.597. The van der Waals surface area contributed by atoms with Crippen LogP contribution in [-0.4, -0.2) is 24.1 Å². The molecule has 0 saturated heterocycles. The molecular weight excluding hydrogens is 779 g/mol. The van der Waals surface area contributed by atoms with Crippen LogP contribution < -0.4 is 0 Å². The molecule has 3 aromatic heterocycles. The highest BCUT2D eigenvalue weighted by Crippen LogP contribution is 2.43. The molecule has 0 N–H and O–H groups in total. The Morgan fingerprint density at radius 1 is 0.375 bits per heavy atom. The lowest BCUT2D eigenvalue weighted by Gasteiger charge is -2.12. The van der Waals surface area contributed by atoms with Crippen molar-refractivity contribution >= 4 is 43.6 Å². The van der Waals surface area contributed by atoms with Gasteiger partial charge in [-0.25, -0.2) is 4.98 Å². The lowest BCUT2D eigenvalue weighted by atomic mass is 9.98. The molecule has 3 heterocycles. The Morgan fingerprint density at radius 2 is 0.875 bits per heavy atom. The van der Waals surface area contributed by atoms with Crippen LogP contribution >= 0.6 is 0 Å². The van der Waals surface area contributed by atoms with Crippen LogP contribution in [0.15, 0.2) is 188 Å². The summed E-state index contributed by atoms with van der Waals surface area (Å²) in [6.07, 6.45) is 6.67. The Bertz CT molecular complexity index is 3440. The number of benzene rings is 8. The van der Waals surface area contributed by atoms with Crippen LogP contribution in [0.2, 0.25) is 0 Å². The molecule has 0 radical (unpaired) electrons. The predicted molar refractivity (Wildman–Crippen MR) is 267 cm³/mol. The molecule has 8 aromatic carbocycles. The summed E-state index contributed by atoms with van der Waals surface area (Å²) in [7, 11) is 0. The van der Waals surface area contributed by atoms with Crippen LogP contribution in [0.25, 0.3) is 100 Å². The van der Waals surface area contributed by atoms with Crippen molar-refractivity contribution in [2.45, 2.75) is 52.4 Å². The van der Waals surface area contributed by atoms with Crippen molar-refractivity contribution in [3.63, 3.8) is 0 Å². The van der Waals surface area contributed by atoms with Gasteiger partial charge in [0.25, 0.3) is 0 Å². The minimum Gasteiger partial charge on any atom is -0.309 e. The van der Waals surface area contributed by atoms with Gasteiger partial charge in [0.2, 0.25) is 5.95 Å². The Balaban J connectivity index is 1.17. The number of unbranched alkanes of at least 4 members (excludes halogenated alkanes) is 2. The summed E-state index contributed by atoms with van der Waals surface area (Å²) in [6, 6.07) is 67.7. The first-order valence-corrected chi connectivity index (χ1v) is 22.8. The topological polar surface area (TPSA) is 48.5 Å². The van der Waals surface area contributed by atoms with Gasteiger partial charge in [-0.2, -0.15) is 9.97 Å². The van der Waals surface area contributed by atoms with Crippen molar-refractivity contribution in [2.75, 3.05) is 0 Å². The summed E-state index contributed by atoms with van der Waals surface area (Å²) in [5.41, 5.74) is 14.9. The molecule has 0 aliphatic rings. The van der Waals surface area contributed by atoms with Crippen LogP contribution in [0.5, 0.6) is 0 Å². The van der Waals surface area contributed by atoms with Gasteiger partial charge >= 0.3 is 0 Å². The third-order valence-corrected chi connectivity index (χ3v) is 12.7. The normalized spacial score (nSPS) is 11.7. The van der Waals surface area contributed by atoms with Gasteiger partial charge in [0.05, 0.1) is 22.1 Å². The zero-order chi connectivity index (χ0) is 43.0.